The molecule has 5 nitrogen and oxygen atoms in total. The van der Waals surface area contributed by atoms with Gasteiger partial charge in [0, 0.05) is 14.8 Å². The summed E-state index contributed by atoms with van der Waals surface area (Å²) in [5, 5.41) is 2.68. The van der Waals surface area contributed by atoms with Crippen LogP contribution in [0.2, 0.25) is 0 Å². The first kappa shape index (κ1) is 15.7. The summed E-state index contributed by atoms with van der Waals surface area (Å²) >= 11 is 2.15. The molecule has 0 fully saturated rings. The summed E-state index contributed by atoms with van der Waals surface area (Å²) < 4.78 is 38.0. The maximum atomic E-state index is 12.3. The molecule has 21 heavy (non-hydrogen) atoms. The Morgan fingerprint density at radius 2 is 1.62 bits per heavy atom. The van der Waals surface area contributed by atoms with Crippen LogP contribution in [-0.4, -0.2) is 14.3 Å². The van der Waals surface area contributed by atoms with Crippen molar-refractivity contribution in [3.8, 4) is 5.75 Å². The molecule has 0 saturated carbocycles. The maximum Gasteiger partial charge on any atom is 0.488 e. The van der Waals surface area contributed by atoms with E-state index in [2.05, 4.69) is 32.1 Å². The average Bonchev–Trinajstić information content (AvgIpc) is 2.40. The molecule has 0 aromatic heterocycles. The van der Waals surface area contributed by atoms with Gasteiger partial charge >= 0.3 is 10.5 Å². The topological polar surface area (TPSA) is 72.5 Å². The van der Waals surface area contributed by atoms with Crippen molar-refractivity contribution in [3.05, 3.63) is 57.7 Å². The van der Waals surface area contributed by atoms with Crippen LogP contribution in [0, 0.1) is 3.57 Å². The Bertz CT molecular complexity index is 745. The lowest BCUT2D eigenvalue weighted by Crippen LogP contribution is -2.11. The van der Waals surface area contributed by atoms with Crippen LogP contribution in [0.1, 0.15) is 10.4 Å². The van der Waals surface area contributed by atoms with Gasteiger partial charge in [0.05, 0.1) is 0 Å². The van der Waals surface area contributed by atoms with Crippen LogP contribution < -0.4 is 9.50 Å². The van der Waals surface area contributed by atoms with E-state index in [0.29, 0.717) is 5.69 Å². The van der Waals surface area contributed by atoms with E-state index in [-0.39, 0.29) is 17.2 Å². The first-order valence-corrected chi connectivity index (χ1v) is 8.03. The quantitative estimate of drug-likeness (QED) is 0.609. The molecule has 2 aromatic carbocycles. The number of hydrogen-bond acceptors (Lipinski definition) is 4. The van der Waals surface area contributed by atoms with Gasteiger partial charge in [0.15, 0.2) is 0 Å². The predicted octanol–water partition coefficient (Wildman–Crippen LogP) is 3.14. The highest BCUT2D eigenvalue weighted by Crippen LogP contribution is 2.17. The summed E-state index contributed by atoms with van der Waals surface area (Å²) in [7, 11) is -5.06. The third kappa shape index (κ3) is 4.97. The maximum absolute atomic E-state index is 12.3. The van der Waals surface area contributed by atoms with Gasteiger partial charge in [-0.05, 0) is 71.1 Å². The Hall–Kier alpha value is -1.68. The standard InChI is InChI=1S/C13H9FINO4S/c14-21(18,19)20-12-7-1-9(2-8-12)13(17)16-11-5-3-10(15)4-6-11/h1-8H,(H,16,17). The third-order valence-corrected chi connectivity index (χ3v) is 3.53. The van der Waals surface area contributed by atoms with E-state index in [9.17, 15) is 17.1 Å². The Morgan fingerprint density at radius 1 is 1.05 bits per heavy atom. The SMILES string of the molecule is O=C(Nc1ccc(I)cc1)c1ccc(OS(=O)(=O)F)cc1. The fraction of sp³-hybridized carbons (Fsp3) is 0. The molecule has 0 unspecified atom stereocenters. The van der Waals surface area contributed by atoms with Gasteiger partial charge in [-0.2, -0.15) is 8.42 Å². The van der Waals surface area contributed by atoms with Crippen LogP contribution in [0.4, 0.5) is 9.57 Å². The highest BCUT2D eigenvalue weighted by atomic mass is 127. The average molecular weight is 421 g/mol. The van der Waals surface area contributed by atoms with Crippen LogP contribution in [0.5, 0.6) is 5.75 Å². The number of carbonyl (C=O) groups is 1. The van der Waals surface area contributed by atoms with Crippen molar-refractivity contribution in [1.82, 2.24) is 0 Å². The van der Waals surface area contributed by atoms with E-state index in [1.165, 1.54) is 24.3 Å². The number of rotatable bonds is 4. The van der Waals surface area contributed by atoms with Crippen molar-refractivity contribution in [2.24, 2.45) is 0 Å². The molecule has 0 aliphatic heterocycles. The summed E-state index contributed by atoms with van der Waals surface area (Å²) in [4.78, 5) is 11.9. The minimum Gasteiger partial charge on any atom is -0.358 e. The van der Waals surface area contributed by atoms with Crippen LogP contribution in [0.3, 0.4) is 0 Å². The lowest BCUT2D eigenvalue weighted by molar-refractivity contribution is 0.102. The Labute approximate surface area is 134 Å². The Morgan fingerprint density at radius 3 is 2.14 bits per heavy atom. The smallest absolute Gasteiger partial charge is 0.358 e. The first-order chi connectivity index (χ1) is 9.83. The lowest BCUT2D eigenvalue weighted by Gasteiger charge is -2.06. The van der Waals surface area contributed by atoms with Crippen molar-refractivity contribution in [1.29, 1.82) is 0 Å². The number of amides is 1. The van der Waals surface area contributed by atoms with Crippen molar-refractivity contribution < 1.29 is 21.3 Å². The Balaban J connectivity index is 2.08. The van der Waals surface area contributed by atoms with E-state index in [1.54, 1.807) is 12.1 Å². The molecule has 0 radical (unpaired) electrons. The molecule has 2 aromatic rings. The molecule has 8 heteroatoms. The van der Waals surface area contributed by atoms with Gasteiger partial charge in [-0.25, -0.2) is 0 Å². The first-order valence-electron chi connectivity index (χ1n) is 5.64. The zero-order valence-electron chi connectivity index (χ0n) is 10.4. The zero-order valence-corrected chi connectivity index (χ0v) is 13.4. The molecule has 1 amide bonds. The molecule has 0 bridgehead atoms. The van der Waals surface area contributed by atoms with Crippen LogP contribution >= 0.6 is 22.6 Å². The summed E-state index contributed by atoms with van der Waals surface area (Å²) in [5.41, 5.74) is 0.921. The minimum absolute atomic E-state index is 0.205. The number of nitrogens with one attached hydrogen (secondary N) is 1. The van der Waals surface area contributed by atoms with Gasteiger partial charge in [0.25, 0.3) is 5.91 Å². The second-order valence-corrected chi connectivity index (χ2v) is 6.16. The van der Waals surface area contributed by atoms with E-state index in [4.69, 9.17) is 0 Å². The second-order valence-electron chi connectivity index (χ2n) is 3.96. The van der Waals surface area contributed by atoms with Crippen molar-refractivity contribution in [2.45, 2.75) is 0 Å². The van der Waals surface area contributed by atoms with Gasteiger partial charge in [-0.1, -0.05) is 3.89 Å². The molecule has 0 saturated heterocycles. The molecule has 1 N–H and O–H groups in total. The van der Waals surface area contributed by atoms with Gasteiger partial charge in [-0.3, -0.25) is 4.79 Å². The van der Waals surface area contributed by atoms with Gasteiger partial charge in [0.2, 0.25) is 0 Å². The monoisotopic (exact) mass is 421 g/mol. The van der Waals surface area contributed by atoms with E-state index in [0.717, 1.165) is 3.57 Å². The van der Waals surface area contributed by atoms with E-state index in [1.807, 2.05) is 12.1 Å². The molecule has 110 valence electrons. The fourth-order valence-electron chi connectivity index (χ4n) is 1.51. The summed E-state index contributed by atoms with van der Waals surface area (Å²) in [6.45, 7) is 0. The molecular weight excluding hydrogens is 412 g/mol. The Kier molecular flexibility index (Phi) is 4.78. The molecular formula is C13H9FINO4S. The highest BCUT2D eigenvalue weighted by molar-refractivity contribution is 14.1. The molecule has 2 rings (SSSR count). The van der Waals surface area contributed by atoms with Gasteiger partial charge < -0.3 is 9.50 Å². The molecule has 0 spiro atoms. The number of anilines is 1. The van der Waals surface area contributed by atoms with Crippen LogP contribution in [-0.2, 0) is 10.5 Å². The van der Waals surface area contributed by atoms with E-state index >= 15 is 0 Å². The van der Waals surface area contributed by atoms with Crippen LogP contribution in [0.25, 0.3) is 0 Å². The number of carbonyl (C=O) groups excluding carboxylic acids is 1. The fourth-order valence-corrected chi connectivity index (χ4v) is 2.21. The number of hydrogen-bond donors (Lipinski definition) is 1. The summed E-state index contributed by atoms with van der Waals surface area (Å²) in [6, 6.07) is 12.3. The number of benzene rings is 2. The molecule has 0 aliphatic carbocycles. The second kappa shape index (κ2) is 6.39. The zero-order chi connectivity index (χ0) is 15.5. The normalized spacial score (nSPS) is 11.0. The van der Waals surface area contributed by atoms with Crippen LogP contribution in [0.15, 0.2) is 48.5 Å². The molecule has 0 heterocycles. The van der Waals surface area contributed by atoms with Gasteiger partial charge in [-0.15, -0.1) is 0 Å². The van der Waals surface area contributed by atoms with Gasteiger partial charge in [0.1, 0.15) is 5.75 Å². The van der Waals surface area contributed by atoms with Crippen molar-refractivity contribution in [2.75, 3.05) is 5.32 Å². The van der Waals surface area contributed by atoms with Crippen molar-refractivity contribution in [3.63, 3.8) is 0 Å². The summed E-state index contributed by atoms with van der Waals surface area (Å²) in [5.74, 6) is -0.575. The van der Waals surface area contributed by atoms with E-state index < -0.39 is 10.5 Å². The van der Waals surface area contributed by atoms with Crippen molar-refractivity contribution >= 4 is 44.7 Å². The minimum atomic E-state index is -5.06. The largest absolute Gasteiger partial charge is 0.488 e. The number of halogens is 2. The molecule has 0 atom stereocenters. The molecule has 0 aliphatic rings. The highest BCUT2D eigenvalue weighted by Gasteiger charge is 2.11. The third-order valence-electron chi connectivity index (χ3n) is 2.41. The lowest BCUT2D eigenvalue weighted by atomic mass is 10.2. The predicted molar refractivity (Wildman–Crippen MR) is 84.2 cm³/mol. The summed E-state index contributed by atoms with van der Waals surface area (Å²) in [6.07, 6.45) is 0.